The number of rotatable bonds is 5. The summed E-state index contributed by atoms with van der Waals surface area (Å²) >= 11 is 12.3. The maximum Gasteiger partial charge on any atom is 0.352 e. The number of hydrogen-bond donors (Lipinski definition) is 2. The number of nitrogens with one attached hydrogen (secondary N) is 2. The van der Waals surface area contributed by atoms with Crippen molar-refractivity contribution in [2.75, 3.05) is 25.0 Å². The highest BCUT2D eigenvalue weighted by molar-refractivity contribution is 6.31. The van der Waals surface area contributed by atoms with Crippen molar-refractivity contribution in [2.45, 2.75) is 6.42 Å². The molecular formula is C23H22Cl2N6O. The number of halogens is 2. The summed E-state index contributed by atoms with van der Waals surface area (Å²) in [5, 5.41) is 12.6. The normalized spacial score (nSPS) is 16.0. The summed E-state index contributed by atoms with van der Waals surface area (Å²) in [5.41, 5.74) is 3.51. The van der Waals surface area contributed by atoms with Crippen molar-refractivity contribution in [1.29, 1.82) is 0 Å². The van der Waals surface area contributed by atoms with E-state index in [2.05, 4.69) is 15.7 Å². The lowest BCUT2D eigenvalue weighted by molar-refractivity contribution is 0.611. The molecule has 0 radical (unpaired) electrons. The van der Waals surface area contributed by atoms with E-state index in [4.69, 9.17) is 28.2 Å². The highest BCUT2D eigenvalue weighted by atomic mass is 35.5. The Labute approximate surface area is 195 Å². The van der Waals surface area contributed by atoms with Crippen LogP contribution >= 0.6 is 23.2 Å². The molecule has 0 bridgehead atoms. The number of aromatic nitrogens is 4. The van der Waals surface area contributed by atoms with E-state index in [1.807, 2.05) is 48.5 Å². The predicted molar refractivity (Wildman–Crippen MR) is 129 cm³/mol. The zero-order valence-corrected chi connectivity index (χ0v) is 19.0. The minimum Gasteiger partial charge on any atom is -0.355 e. The number of hydrogen-bond acceptors (Lipinski definition) is 5. The molecule has 3 heterocycles. The number of nitrogens with zero attached hydrogens (tertiary/aromatic N) is 4. The third kappa shape index (κ3) is 3.88. The van der Waals surface area contributed by atoms with Gasteiger partial charge in [-0.2, -0.15) is 0 Å². The number of aryl methyl sites for hydroxylation is 1. The van der Waals surface area contributed by atoms with Gasteiger partial charge in [0.05, 0.1) is 11.3 Å². The van der Waals surface area contributed by atoms with E-state index in [9.17, 15) is 4.79 Å². The average Bonchev–Trinajstić information content (AvgIpc) is 3.41. The Kier molecular flexibility index (Phi) is 5.63. The summed E-state index contributed by atoms with van der Waals surface area (Å²) in [5.74, 6) is 0.960. The monoisotopic (exact) mass is 468 g/mol. The summed E-state index contributed by atoms with van der Waals surface area (Å²) in [6, 6.07) is 15.0. The van der Waals surface area contributed by atoms with Crippen molar-refractivity contribution in [3.63, 3.8) is 0 Å². The lowest BCUT2D eigenvalue weighted by Crippen LogP contribution is -2.24. The molecule has 164 valence electrons. The van der Waals surface area contributed by atoms with Crippen LogP contribution in [-0.4, -0.2) is 38.8 Å². The smallest absolute Gasteiger partial charge is 0.352 e. The second-order valence-corrected chi connectivity index (χ2v) is 8.85. The van der Waals surface area contributed by atoms with Crippen LogP contribution in [0.15, 0.2) is 53.3 Å². The van der Waals surface area contributed by atoms with Crippen molar-refractivity contribution in [1.82, 2.24) is 24.5 Å². The molecule has 1 aliphatic rings. The largest absolute Gasteiger partial charge is 0.355 e. The van der Waals surface area contributed by atoms with Gasteiger partial charge in [0.15, 0.2) is 5.65 Å². The first-order chi connectivity index (χ1) is 15.5. The Morgan fingerprint density at radius 2 is 1.72 bits per heavy atom. The molecule has 1 saturated heterocycles. The molecule has 5 rings (SSSR count). The third-order valence-electron chi connectivity index (χ3n) is 5.78. The molecule has 0 spiro atoms. The van der Waals surface area contributed by atoms with Gasteiger partial charge in [0, 0.05) is 29.2 Å². The fourth-order valence-electron chi connectivity index (χ4n) is 4.08. The van der Waals surface area contributed by atoms with E-state index in [-0.39, 0.29) is 5.69 Å². The predicted octanol–water partition coefficient (Wildman–Crippen LogP) is 4.09. The number of fused-ring (bicyclic) bond motifs is 1. The lowest BCUT2D eigenvalue weighted by Gasteiger charge is -2.16. The molecule has 32 heavy (non-hydrogen) atoms. The second-order valence-electron chi connectivity index (χ2n) is 7.98. The summed E-state index contributed by atoms with van der Waals surface area (Å²) in [4.78, 5) is 17.9. The van der Waals surface area contributed by atoms with E-state index >= 15 is 0 Å². The van der Waals surface area contributed by atoms with Gasteiger partial charge in [-0.1, -0.05) is 47.5 Å². The van der Waals surface area contributed by atoms with Gasteiger partial charge < -0.3 is 10.6 Å². The van der Waals surface area contributed by atoms with Gasteiger partial charge in [0.2, 0.25) is 5.95 Å². The highest BCUT2D eigenvalue weighted by Crippen LogP contribution is 2.35. The number of anilines is 1. The minimum atomic E-state index is -0.252. The second kappa shape index (κ2) is 8.58. The molecule has 2 aromatic carbocycles. The summed E-state index contributed by atoms with van der Waals surface area (Å²) < 4.78 is 2.89. The molecule has 0 amide bonds. The van der Waals surface area contributed by atoms with Gasteiger partial charge in [-0.15, -0.1) is 5.10 Å². The molecule has 4 aromatic rings. The molecule has 1 fully saturated rings. The fraction of sp³-hybridized carbons (Fsp3) is 0.261. The van der Waals surface area contributed by atoms with Crippen molar-refractivity contribution in [2.24, 2.45) is 13.0 Å². The molecule has 0 aliphatic carbocycles. The first-order valence-electron chi connectivity index (χ1n) is 10.5. The number of benzene rings is 2. The average molecular weight is 469 g/mol. The topological polar surface area (TPSA) is 76.2 Å². The first-order valence-corrected chi connectivity index (χ1v) is 11.2. The van der Waals surface area contributed by atoms with Crippen LogP contribution in [0.2, 0.25) is 10.0 Å². The maximum absolute atomic E-state index is 13.0. The van der Waals surface area contributed by atoms with Gasteiger partial charge in [-0.05, 0) is 55.3 Å². The van der Waals surface area contributed by atoms with Crippen LogP contribution in [0.25, 0.3) is 28.0 Å². The first kappa shape index (κ1) is 21.0. The molecule has 9 heteroatoms. The molecule has 7 nitrogen and oxygen atoms in total. The van der Waals surface area contributed by atoms with E-state index in [0.717, 1.165) is 42.7 Å². The van der Waals surface area contributed by atoms with Crippen molar-refractivity contribution < 1.29 is 0 Å². The zero-order valence-electron chi connectivity index (χ0n) is 17.5. The van der Waals surface area contributed by atoms with E-state index in [0.29, 0.717) is 33.3 Å². The molecule has 1 atom stereocenters. The van der Waals surface area contributed by atoms with Crippen LogP contribution in [0.3, 0.4) is 0 Å². The van der Waals surface area contributed by atoms with Crippen molar-refractivity contribution in [3.8, 4) is 22.4 Å². The lowest BCUT2D eigenvalue weighted by atomic mass is 10.00. The van der Waals surface area contributed by atoms with Gasteiger partial charge in [0.1, 0.15) is 0 Å². The van der Waals surface area contributed by atoms with E-state index < -0.39 is 0 Å². The third-order valence-corrected chi connectivity index (χ3v) is 6.28. The molecule has 1 unspecified atom stereocenters. The van der Waals surface area contributed by atoms with Gasteiger partial charge in [-0.25, -0.2) is 18.9 Å². The Hall–Kier alpha value is -2.87. The molecule has 0 saturated carbocycles. The SMILES string of the molecule is Cn1nc2c(-c3ccc(Cl)cc3)c(-c3ccc(Cl)cc3)nc(NCC3CCNC3)n2c1=O. The van der Waals surface area contributed by atoms with Crippen LogP contribution < -0.4 is 16.3 Å². The Bertz CT molecular complexity index is 1320. The van der Waals surface area contributed by atoms with Crippen molar-refractivity contribution >= 4 is 34.8 Å². The molecule has 2 N–H and O–H groups in total. The van der Waals surface area contributed by atoms with Crippen LogP contribution in [-0.2, 0) is 7.05 Å². The molecule has 1 aliphatic heterocycles. The molecule has 2 aromatic heterocycles. The fourth-order valence-corrected chi connectivity index (χ4v) is 4.33. The van der Waals surface area contributed by atoms with Crippen LogP contribution in [0.1, 0.15) is 6.42 Å². The van der Waals surface area contributed by atoms with Gasteiger partial charge in [0.25, 0.3) is 0 Å². The standard InChI is InChI=1S/C23H22Cl2N6O/c1-30-23(32)31-21(29-30)19(15-2-6-17(24)7-3-15)20(16-4-8-18(25)9-5-16)28-22(31)27-13-14-10-11-26-12-14/h2-9,14,26H,10-13H2,1H3,(H,27,28). The Morgan fingerprint density at radius 3 is 2.34 bits per heavy atom. The van der Waals surface area contributed by atoms with Crippen molar-refractivity contribution in [3.05, 3.63) is 69.1 Å². The van der Waals surface area contributed by atoms with Crippen LogP contribution in [0.4, 0.5) is 5.95 Å². The quantitative estimate of drug-likeness (QED) is 0.461. The highest BCUT2D eigenvalue weighted by Gasteiger charge is 2.23. The Morgan fingerprint density at radius 1 is 1.06 bits per heavy atom. The maximum atomic E-state index is 13.0. The molecular weight excluding hydrogens is 447 g/mol. The van der Waals surface area contributed by atoms with E-state index in [1.54, 1.807) is 11.4 Å². The van der Waals surface area contributed by atoms with Crippen LogP contribution in [0.5, 0.6) is 0 Å². The minimum absolute atomic E-state index is 0.252. The van der Waals surface area contributed by atoms with E-state index in [1.165, 1.54) is 4.68 Å². The zero-order chi connectivity index (χ0) is 22.2. The van der Waals surface area contributed by atoms with Gasteiger partial charge >= 0.3 is 5.69 Å². The van der Waals surface area contributed by atoms with Gasteiger partial charge in [-0.3, -0.25) is 0 Å². The summed E-state index contributed by atoms with van der Waals surface area (Å²) in [6.45, 7) is 2.68. The summed E-state index contributed by atoms with van der Waals surface area (Å²) in [6.07, 6.45) is 1.09. The van der Waals surface area contributed by atoms with Crippen LogP contribution in [0, 0.1) is 5.92 Å². The summed E-state index contributed by atoms with van der Waals surface area (Å²) in [7, 11) is 1.65. The Balaban J connectivity index is 1.75.